The van der Waals surface area contributed by atoms with Crippen molar-refractivity contribution < 1.29 is 28.4 Å². The predicted octanol–water partition coefficient (Wildman–Crippen LogP) is 3.41. The smallest absolute Gasteiger partial charge is 0.317 e. The number of para-hydroxylation sites is 2. The number of fused-ring (bicyclic) bond motifs is 1. The quantitative estimate of drug-likeness (QED) is 0.246. The number of thioether (sulfide) groups is 1. The van der Waals surface area contributed by atoms with Gasteiger partial charge >= 0.3 is 5.97 Å². The highest BCUT2D eigenvalue weighted by molar-refractivity contribution is 7.99. The van der Waals surface area contributed by atoms with E-state index in [0.29, 0.717) is 16.3 Å². The van der Waals surface area contributed by atoms with E-state index in [2.05, 4.69) is 10.3 Å². The summed E-state index contributed by atoms with van der Waals surface area (Å²) in [7, 11) is 1.37. The third-order valence-corrected chi connectivity index (χ3v) is 4.73. The number of hydrogen-bond donors (Lipinski definition) is 1. The van der Waals surface area contributed by atoms with Crippen molar-refractivity contribution in [1.82, 2.24) is 4.98 Å². The molecular weight excluding hydrogens is 414 g/mol. The van der Waals surface area contributed by atoms with Crippen molar-refractivity contribution in [3.8, 4) is 5.75 Å². The highest BCUT2D eigenvalue weighted by Crippen LogP contribution is 2.29. The number of esters is 1. The lowest BCUT2D eigenvalue weighted by Gasteiger charge is -2.13. The monoisotopic (exact) mass is 431 g/mol. The standard InChI is InChI=1S/C19H17N3O7S/c1-11(18(24)20-13-8-7-12(27-2)9-15(13)22(25)26)28-17(23)10-30-19-21-14-5-3-4-6-16(14)29-19/h3-9,11H,10H2,1-2H3,(H,20,24). The number of ether oxygens (including phenoxy) is 2. The van der Waals surface area contributed by atoms with Gasteiger partial charge in [-0.1, -0.05) is 23.9 Å². The third-order valence-electron chi connectivity index (χ3n) is 3.92. The molecule has 0 radical (unpaired) electrons. The Kier molecular flexibility index (Phi) is 6.52. The van der Waals surface area contributed by atoms with Crippen LogP contribution in [0.25, 0.3) is 11.1 Å². The van der Waals surface area contributed by atoms with Crippen LogP contribution in [0, 0.1) is 10.1 Å². The van der Waals surface area contributed by atoms with Crippen LogP contribution in [0.15, 0.2) is 52.1 Å². The number of carbonyl (C=O) groups excluding carboxylic acids is 2. The first-order chi connectivity index (χ1) is 14.4. The average Bonchev–Trinajstić information content (AvgIpc) is 3.15. The Labute approximate surface area is 174 Å². The Morgan fingerprint density at radius 1 is 1.30 bits per heavy atom. The zero-order valence-corrected chi connectivity index (χ0v) is 16.8. The van der Waals surface area contributed by atoms with E-state index < -0.39 is 22.9 Å². The summed E-state index contributed by atoms with van der Waals surface area (Å²) in [5.41, 5.74) is 0.895. The van der Waals surface area contributed by atoms with Crippen LogP contribution in [0.2, 0.25) is 0 Å². The number of aromatic nitrogens is 1. The summed E-state index contributed by atoms with van der Waals surface area (Å²) in [4.78, 5) is 39.1. The second-order valence-corrected chi connectivity index (χ2v) is 6.92. The highest BCUT2D eigenvalue weighted by Gasteiger charge is 2.23. The largest absolute Gasteiger partial charge is 0.496 e. The van der Waals surface area contributed by atoms with E-state index in [1.54, 1.807) is 12.1 Å². The number of oxazole rings is 1. The molecular formula is C19H17N3O7S. The SMILES string of the molecule is COc1ccc(NC(=O)C(C)OC(=O)CSc2nc3ccccc3o2)c([N+](=O)[O-])c1. The number of carbonyl (C=O) groups is 2. The molecule has 1 amide bonds. The molecule has 10 nitrogen and oxygen atoms in total. The van der Waals surface area contributed by atoms with Crippen LogP contribution in [0.1, 0.15) is 6.92 Å². The molecule has 1 aromatic heterocycles. The van der Waals surface area contributed by atoms with Gasteiger partial charge in [-0.15, -0.1) is 0 Å². The zero-order chi connectivity index (χ0) is 21.7. The molecule has 1 N–H and O–H groups in total. The fraction of sp³-hybridized carbons (Fsp3) is 0.211. The summed E-state index contributed by atoms with van der Waals surface area (Å²) in [5, 5.41) is 13.9. The maximum Gasteiger partial charge on any atom is 0.317 e. The molecule has 0 saturated carbocycles. The number of nitro groups is 1. The van der Waals surface area contributed by atoms with Crippen molar-refractivity contribution in [2.24, 2.45) is 0 Å². The van der Waals surface area contributed by atoms with Crippen LogP contribution in [0.5, 0.6) is 5.75 Å². The molecule has 0 fully saturated rings. The van der Waals surface area contributed by atoms with E-state index in [4.69, 9.17) is 13.9 Å². The Bertz CT molecular complexity index is 1070. The van der Waals surface area contributed by atoms with Crippen molar-refractivity contribution in [2.45, 2.75) is 18.3 Å². The van der Waals surface area contributed by atoms with Gasteiger partial charge in [0.2, 0.25) is 0 Å². The van der Waals surface area contributed by atoms with E-state index in [1.807, 2.05) is 12.1 Å². The molecule has 1 unspecified atom stereocenters. The molecule has 2 aromatic carbocycles. The Morgan fingerprint density at radius 2 is 2.07 bits per heavy atom. The van der Waals surface area contributed by atoms with Crippen LogP contribution in [-0.4, -0.2) is 40.8 Å². The molecule has 0 saturated heterocycles. The first-order valence-electron chi connectivity index (χ1n) is 8.68. The first kappa shape index (κ1) is 21.1. The number of rotatable bonds is 8. The molecule has 3 aromatic rings. The van der Waals surface area contributed by atoms with Crippen LogP contribution in [0.4, 0.5) is 11.4 Å². The van der Waals surface area contributed by atoms with Gasteiger partial charge in [-0.25, -0.2) is 4.98 Å². The number of nitro benzene ring substituents is 1. The maximum atomic E-state index is 12.3. The van der Waals surface area contributed by atoms with Crippen molar-refractivity contribution >= 4 is 46.1 Å². The summed E-state index contributed by atoms with van der Waals surface area (Å²) < 4.78 is 15.5. The molecule has 3 rings (SSSR count). The van der Waals surface area contributed by atoms with Gasteiger partial charge in [0.25, 0.3) is 16.8 Å². The molecule has 0 aliphatic heterocycles. The number of amides is 1. The third kappa shape index (κ3) is 5.06. The number of anilines is 1. The van der Waals surface area contributed by atoms with Crippen molar-refractivity contribution in [3.05, 3.63) is 52.6 Å². The van der Waals surface area contributed by atoms with Crippen molar-refractivity contribution in [1.29, 1.82) is 0 Å². The van der Waals surface area contributed by atoms with Crippen LogP contribution in [-0.2, 0) is 14.3 Å². The molecule has 0 aliphatic rings. The van der Waals surface area contributed by atoms with E-state index in [-0.39, 0.29) is 22.9 Å². The zero-order valence-electron chi connectivity index (χ0n) is 16.0. The summed E-state index contributed by atoms with van der Waals surface area (Å²) in [6.45, 7) is 1.37. The van der Waals surface area contributed by atoms with Gasteiger partial charge in [-0.3, -0.25) is 19.7 Å². The minimum Gasteiger partial charge on any atom is -0.496 e. The number of nitrogens with one attached hydrogen (secondary N) is 1. The minimum absolute atomic E-state index is 0.0328. The number of benzene rings is 2. The fourth-order valence-corrected chi connectivity index (χ4v) is 3.07. The Morgan fingerprint density at radius 3 is 2.77 bits per heavy atom. The second kappa shape index (κ2) is 9.27. The summed E-state index contributed by atoms with van der Waals surface area (Å²) in [5.74, 6) is -1.21. The van der Waals surface area contributed by atoms with Crippen LogP contribution >= 0.6 is 11.8 Å². The number of nitrogens with zero attached hydrogens (tertiary/aromatic N) is 2. The normalized spacial score (nSPS) is 11.7. The van der Waals surface area contributed by atoms with E-state index in [0.717, 1.165) is 11.8 Å². The number of methoxy groups -OCH3 is 1. The number of hydrogen-bond acceptors (Lipinski definition) is 9. The van der Waals surface area contributed by atoms with Gasteiger partial charge < -0.3 is 19.2 Å². The predicted molar refractivity (Wildman–Crippen MR) is 109 cm³/mol. The van der Waals surface area contributed by atoms with Gasteiger partial charge in [-0.05, 0) is 31.2 Å². The van der Waals surface area contributed by atoms with Gasteiger partial charge in [0, 0.05) is 0 Å². The molecule has 0 spiro atoms. The molecule has 11 heteroatoms. The summed E-state index contributed by atoms with van der Waals surface area (Å²) in [6, 6.07) is 11.2. The molecule has 156 valence electrons. The topological polar surface area (TPSA) is 134 Å². The van der Waals surface area contributed by atoms with Crippen LogP contribution in [0.3, 0.4) is 0 Å². The van der Waals surface area contributed by atoms with Crippen molar-refractivity contribution in [2.75, 3.05) is 18.2 Å². The Balaban J connectivity index is 1.56. The summed E-state index contributed by atoms with van der Waals surface area (Å²) >= 11 is 1.04. The molecule has 1 atom stereocenters. The lowest BCUT2D eigenvalue weighted by molar-refractivity contribution is -0.384. The molecule has 0 bridgehead atoms. The lowest BCUT2D eigenvalue weighted by Crippen LogP contribution is -2.30. The highest BCUT2D eigenvalue weighted by atomic mass is 32.2. The van der Waals surface area contributed by atoms with Crippen LogP contribution < -0.4 is 10.1 Å². The van der Waals surface area contributed by atoms with Gasteiger partial charge in [0.05, 0.1) is 18.1 Å². The van der Waals surface area contributed by atoms with Gasteiger partial charge in [-0.2, -0.15) is 0 Å². The minimum atomic E-state index is -1.16. The first-order valence-corrected chi connectivity index (χ1v) is 9.67. The van der Waals surface area contributed by atoms with Gasteiger partial charge in [0.15, 0.2) is 11.7 Å². The Hall–Kier alpha value is -3.60. The van der Waals surface area contributed by atoms with E-state index >= 15 is 0 Å². The lowest BCUT2D eigenvalue weighted by atomic mass is 10.2. The van der Waals surface area contributed by atoms with E-state index in [9.17, 15) is 19.7 Å². The second-order valence-electron chi connectivity index (χ2n) is 6.00. The molecule has 30 heavy (non-hydrogen) atoms. The van der Waals surface area contributed by atoms with E-state index in [1.165, 1.54) is 32.2 Å². The fourth-order valence-electron chi connectivity index (χ4n) is 2.45. The molecule has 1 heterocycles. The average molecular weight is 431 g/mol. The van der Waals surface area contributed by atoms with Crippen molar-refractivity contribution in [3.63, 3.8) is 0 Å². The molecule has 0 aliphatic carbocycles. The summed E-state index contributed by atoms with van der Waals surface area (Å²) in [6.07, 6.45) is -1.16. The maximum absolute atomic E-state index is 12.3. The van der Waals surface area contributed by atoms with Gasteiger partial charge in [0.1, 0.15) is 22.7 Å².